The number of nitriles is 1. The summed E-state index contributed by atoms with van der Waals surface area (Å²) in [7, 11) is 1.57. The van der Waals surface area contributed by atoms with Gasteiger partial charge in [-0.3, -0.25) is 0 Å². The van der Waals surface area contributed by atoms with Crippen LogP contribution in [0.2, 0.25) is 0 Å². The highest BCUT2D eigenvalue weighted by Crippen LogP contribution is 2.41. The molecule has 0 spiro atoms. The molecule has 6 nitrogen and oxygen atoms in total. The molecule has 0 unspecified atom stereocenters. The summed E-state index contributed by atoms with van der Waals surface area (Å²) in [4.78, 5) is 12.6. The van der Waals surface area contributed by atoms with Crippen molar-refractivity contribution >= 4 is 5.97 Å². The van der Waals surface area contributed by atoms with Gasteiger partial charge in [-0.15, -0.1) is 0 Å². The Bertz CT molecular complexity index is 742. The number of ether oxygens (including phenoxy) is 3. The average molecular weight is 342 g/mol. The molecule has 0 fully saturated rings. The summed E-state index contributed by atoms with van der Waals surface area (Å²) >= 11 is 0. The van der Waals surface area contributed by atoms with E-state index in [1.54, 1.807) is 26.2 Å². The van der Waals surface area contributed by atoms with Gasteiger partial charge in [0.2, 0.25) is 5.88 Å². The van der Waals surface area contributed by atoms with Crippen molar-refractivity contribution in [2.24, 2.45) is 5.73 Å². The first-order chi connectivity index (χ1) is 12.1. The van der Waals surface area contributed by atoms with Gasteiger partial charge in [-0.05, 0) is 31.0 Å². The molecule has 1 atom stereocenters. The number of esters is 1. The Morgan fingerprint density at radius 2 is 2.00 bits per heavy atom. The number of hydrogen-bond donors (Lipinski definition) is 1. The van der Waals surface area contributed by atoms with Gasteiger partial charge in [-0.25, -0.2) is 4.79 Å². The molecule has 2 N–H and O–H groups in total. The zero-order valence-electron chi connectivity index (χ0n) is 14.7. The van der Waals surface area contributed by atoms with E-state index in [4.69, 9.17) is 19.9 Å². The first kappa shape index (κ1) is 18.4. The van der Waals surface area contributed by atoms with Crippen molar-refractivity contribution in [3.63, 3.8) is 0 Å². The van der Waals surface area contributed by atoms with Crippen molar-refractivity contribution in [3.8, 4) is 11.8 Å². The van der Waals surface area contributed by atoms with E-state index in [1.807, 2.05) is 19.1 Å². The van der Waals surface area contributed by atoms with Crippen LogP contribution < -0.4 is 10.5 Å². The second-order valence-electron chi connectivity index (χ2n) is 5.51. The minimum atomic E-state index is -0.620. The van der Waals surface area contributed by atoms with Crippen LogP contribution in [0.25, 0.3) is 0 Å². The Balaban J connectivity index is 2.61. The smallest absolute Gasteiger partial charge is 0.338 e. The topological polar surface area (TPSA) is 94.6 Å². The van der Waals surface area contributed by atoms with Crippen LogP contribution in [0.5, 0.6) is 5.75 Å². The summed E-state index contributed by atoms with van der Waals surface area (Å²) in [5, 5.41) is 9.57. The van der Waals surface area contributed by atoms with E-state index in [0.29, 0.717) is 23.5 Å². The lowest BCUT2D eigenvalue weighted by Crippen LogP contribution is -2.26. The fourth-order valence-electron chi connectivity index (χ4n) is 2.79. The molecule has 1 aliphatic rings. The zero-order chi connectivity index (χ0) is 18.4. The van der Waals surface area contributed by atoms with Crippen LogP contribution in [-0.2, 0) is 14.3 Å². The van der Waals surface area contributed by atoms with Gasteiger partial charge >= 0.3 is 5.97 Å². The van der Waals surface area contributed by atoms with E-state index >= 15 is 0 Å². The fraction of sp³-hybridized carbons (Fsp3) is 0.368. The molecule has 0 saturated carbocycles. The van der Waals surface area contributed by atoms with Crippen molar-refractivity contribution in [2.45, 2.75) is 32.6 Å². The molecule has 0 aromatic heterocycles. The zero-order valence-corrected chi connectivity index (χ0v) is 14.7. The molecule has 1 aliphatic heterocycles. The normalized spacial score (nSPS) is 17.0. The lowest BCUT2D eigenvalue weighted by atomic mass is 9.82. The predicted octanol–water partition coefficient (Wildman–Crippen LogP) is 3.12. The van der Waals surface area contributed by atoms with Crippen LogP contribution in [0.4, 0.5) is 0 Å². The second kappa shape index (κ2) is 8.25. The van der Waals surface area contributed by atoms with Crippen LogP contribution in [0.15, 0.2) is 47.1 Å². The van der Waals surface area contributed by atoms with Gasteiger partial charge in [0, 0.05) is 6.42 Å². The Labute approximate surface area is 147 Å². The quantitative estimate of drug-likeness (QED) is 0.798. The molecular formula is C19H22N2O4. The van der Waals surface area contributed by atoms with E-state index in [-0.39, 0.29) is 18.1 Å². The van der Waals surface area contributed by atoms with Gasteiger partial charge in [0.25, 0.3) is 0 Å². The maximum Gasteiger partial charge on any atom is 0.338 e. The number of carbonyl (C=O) groups excluding carboxylic acids is 1. The number of methoxy groups -OCH3 is 1. The Hall–Kier alpha value is -2.94. The summed E-state index contributed by atoms with van der Waals surface area (Å²) in [5.74, 6) is 0.0528. The highest BCUT2D eigenvalue weighted by molar-refractivity contribution is 5.92. The molecule has 6 heteroatoms. The third-order valence-electron chi connectivity index (χ3n) is 3.92. The molecule has 0 amide bonds. The Morgan fingerprint density at radius 3 is 2.52 bits per heavy atom. The van der Waals surface area contributed by atoms with Crippen LogP contribution in [0.3, 0.4) is 0 Å². The number of allylic oxidation sites excluding steroid dienone is 2. The minimum absolute atomic E-state index is 0.0276. The number of nitrogens with zero attached hydrogens (tertiary/aromatic N) is 1. The maximum atomic E-state index is 12.6. The third kappa shape index (κ3) is 3.77. The van der Waals surface area contributed by atoms with Crippen molar-refractivity contribution in [1.82, 2.24) is 0 Å². The number of nitrogens with two attached hydrogens (primary N) is 1. The van der Waals surface area contributed by atoms with E-state index in [9.17, 15) is 10.1 Å². The van der Waals surface area contributed by atoms with E-state index < -0.39 is 11.9 Å². The van der Waals surface area contributed by atoms with Crippen LogP contribution in [-0.4, -0.2) is 19.7 Å². The molecule has 2 rings (SSSR count). The molecule has 0 bridgehead atoms. The first-order valence-electron chi connectivity index (χ1n) is 8.18. The van der Waals surface area contributed by atoms with Crippen LogP contribution in [0, 0.1) is 11.3 Å². The third-order valence-corrected chi connectivity index (χ3v) is 3.92. The highest BCUT2D eigenvalue weighted by Gasteiger charge is 2.37. The number of rotatable bonds is 6. The minimum Gasteiger partial charge on any atom is -0.497 e. The summed E-state index contributed by atoms with van der Waals surface area (Å²) < 4.78 is 16.0. The predicted molar refractivity (Wildman–Crippen MR) is 92.2 cm³/mol. The maximum absolute atomic E-state index is 12.6. The molecule has 0 radical (unpaired) electrons. The molecule has 25 heavy (non-hydrogen) atoms. The standard InChI is InChI=1S/C19H22N2O4/c1-4-6-15-17(19(22)24-5-2)16(14(11-20)18(21)25-15)12-7-9-13(23-3)10-8-12/h7-10,16H,4-6,21H2,1-3H3/t16-/m0/s1. The Morgan fingerprint density at radius 1 is 1.32 bits per heavy atom. The van der Waals surface area contributed by atoms with Gasteiger partial charge in [-0.2, -0.15) is 5.26 Å². The molecule has 1 aromatic rings. The van der Waals surface area contributed by atoms with Crippen molar-refractivity contribution in [3.05, 3.63) is 52.6 Å². The summed E-state index contributed by atoms with van der Waals surface area (Å²) in [6.07, 6.45) is 1.29. The highest BCUT2D eigenvalue weighted by atomic mass is 16.5. The summed E-state index contributed by atoms with van der Waals surface area (Å²) in [6.45, 7) is 3.94. The Kier molecular flexibility index (Phi) is 6.07. The van der Waals surface area contributed by atoms with E-state index in [2.05, 4.69) is 6.07 Å². The largest absolute Gasteiger partial charge is 0.497 e. The van der Waals surface area contributed by atoms with E-state index in [1.165, 1.54) is 0 Å². The summed E-state index contributed by atoms with van der Waals surface area (Å²) in [5.41, 5.74) is 7.24. The first-order valence-corrected chi connectivity index (χ1v) is 8.18. The van der Waals surface area contributed by atoms with Gasteiger partial charge in [0.1, 0.15) is 23.2 Å². The molecule has 0 saturated heterocycles. The molecule has 1 heterocycles. The average Bonchev–Trinajstić information content (AvgIpc) is 2.61. The summed E-state index contributed by atoms with van der Waals surface area (Å²) in [6, 6.07) is 9.24. The molecule has 132 valence electrons. The van der Waals surface area contributed by atoms with Crippen molar-refractivity contribution in [1.29, 1.82) is 5.26 Å². The number of carbonyl (C=O) groups is 1. The van der Waals surface area contributed by atoms with Gasteiger partial charge in [-0.1, -0.05) is 19.1 Å². The SMILES string of the molecule is CCCC1=C(C(=O)OCC)[C@@H](c2ccc(OC)cc2)C(C#N)=C(N)O1. The van der Waals surface area contributed by atoms with Crippen LogP contribution >= 0.6 is 0 Å². The molecule has 1 aromatic carbocycles. The van der Waals surface area contributed by atoms with Crippen LogP contribution in [0.1, 0.15) is 38.2 Å². The fourth-order valence-corrected chi connectivity index (χ4v) is 2.79. The van der Waals surface area contributed by atoms with Gasteiger partial charge in [0.15, 0.2) is 0 Å². The lowest BCUT2D eigenvalue weighted by molar-refractivity contribution is -0.139. The van der Waals surface area contributed by atoms with Crippen molar-refractivity contribution < 1.29 is 19.0 Å². The van der Waals surface area contributed by atoms with Gasteiger partial charge < -0.3 is 19.9 Å². The van der Waals surface area contributed by atoms with E-state index in [0.717, 1.165) is 12.0 Å². The van der Waals surface area contributed by atoms with Crippen molar-refractivity contribution in [2.75, 3.05) is 13.7 Å². The molecule has 0 aliphatic carbocycles. The molecular weight excluding hydrogens is 320 g/mol. The lowest BCUT2D eigenvalue weighted by Gasteiger charge is -2.28. The van der Waals surface area contributed by atoms with Gasteiger partial charge in [0.05, 0.1) is 25.2 Å². The number of hydrogen-bond acceptors (Lipinski definition) is 6. The number of benzene rings is 1. The monoisotopic (exact) mass is 342 g/mol. The second-order valence-corrected chi connectivity index (χ2v) is 5.51.